The smallest absolute Gasteiger partial charge is 0.160 e. The number of aliphatic hydroxyl groups is 1. The number of ether oxygens (including phenoxy) is 1. The molecule has 6 atom stereocenters. The molecule has 0 saturated heterocycles. The highest BCUT2D eigenvalue weighted by Gasteiger charge is 2.60. The molecule has 2 nitrogen and oxygen atoms in total. The topological polar surface area (TPSA) is 29.5 Å². The van der Waals surface area contributed by atoms with Gasteiger partial charge in [-0.3, -0.25) is 0 Å². The highest BCUT2D eigenvalue weighted by molar-refractivity contribution is 5.09. The standard InChI is InChI=1S/C17H30O2/c1-5-16(2,3)15(18)19-17(4)10-11-9-14(17)13-8-6-7-12(11)13/h11-15,18H,5-10H2,1-4H3. The molecule has 2 heteroatoms. The molecule has 3 aliphatic rings. The van der Waals surface area contributed by atoms with Crippen molar-refractivity contribution in [2.45, 2.75) is 78.1 Å². The molecule has 3 fully saturated rings. The van der Waals surface area contributed by atoms with Gasteiger partial charge in [-0.25, -0.2) is 0 Å². The Morgan fingerprint density at radius 2 is 2.00 bits per heavy atom. The molecule has 19 heavy (non-hydrogen) atoms. The Bertz CT molecular complexity index is 351. The van der Waals surface area contributed by atoms with Crippen LogP contribution in [0.5, 0.6) is 0 Å². The molecule has 0 aliphatic heterocycles. The lowest BCUT2D eigenvalue weighted by Gasteiger charge is -2.44. The molecule has 2 bridgehead atoms. The highest BCUT2D eigenvalue weighted by Crippen LogP contribution is 2.63. The summed E-state index contributed by atoms with van der Waals surface area (Å²) in [7, 11) is 0. The summed E-state index contributed by atoms with van der Waals surface area (Å²) in [6, 6.07) is 0. The van der Waals surface area contributed by atoms with E-state index in [1.165, 1.54) is 32.1 Å². The lowest BCUT2D eigenvalue weighted by Crippen LogP contribution is -2.47. The van der Waals surface area contributed by atoms with E-state index in [4.69, 9.17) is 4.74 Å². The Morgan fingerprint density at radius 3 is 2.68 bits per heavy atom. The molecule has 3 rings (SSSR count). The van der Waals surface area contributed by atoms with Crippen molar-refractivity contribution in [1.29, 1.82) is 0 Å². The van der Waals surface area contributed by atoms with Crippen LogP contribution in [0.25, 0.3) is 0 Å². The van der Waals surface area contributed by atoms with E-state index < -0.39 is 6.29 Å². The van der Waals surface area contributed by atoms with Crippen molar-refractivity contribution in [3.8, 4) is 0 Å². The van der Waals surface area contributed by atoms with E-state index in [2.05, 4.69) is 27.7 Å². The molecule has 6 unspecified atom stereocenters. The average molecular weight is 266 g/mol. The normalized spacial score (nSPS) is 46.6. The molecule has 1 N–H and O–H groups in total. The number of fused-ring (bicyclic) bond motifs is 5. The van der Waals surface area contributed by atoms with Crippen LogP contribution in [0.15, 0.2) is 0 Å². The van der Waals surface area contributed by atoms with Gasteiger partial charge < -0.3 is 9.84 Å². The van der Waals surface area contributed by atoms with Gasteiger partial charge in [0.1, 0.15) is 0 Å². The Morgan fingerprint density at radius 1 is 1.32 bits per heavy atom. The second-order valence-corrected chi connectivity index (χ2v) is 8.19. The van der Waals surface area contributed by atoms with E-state index >= 15 is 0 Å². The van der Waals surface area contributed by atoms with E-state index in [9.17, 15) is 5.11 Å². The first-order valence-corrected chi connectivity index (χ1v) is 8.23. The van der Waals surface area contributed by atoms with Gasteiger partial charge in [-0.2, -0.15) is 0 Å². The van der Waals surface area contributed by atoms with Crippen LogP contribution < -0.4 is 0 Å². The van der Waals surface area contributed by atoms with Crippen molar-refractivity contribution in [2.24, 2.45) is 29.1 Å². The maximum Gasteiger partial charge on any atom is 0.160 e. The largest absolute Gasteiger partial charge is 0.367 e. The van der Waals surface area contributed by atoms with Crippen LogP contribution in [0.2, 0.25) is 0 Å². The van der Waals surface area contributed by atoms with E-state index in [1.54, 1.807) is 0 Å². The lowest BCUT2D eigenvalue weighted by molar-refractivity contribution is -0.245. The van der Waals surface area contributed by atoms with Gasteiger partial charge in [0, 0.05) is 5.41 Å². The Kier molecular flexibility index (Phi) is 3.26. The SMILES string of the molecule is CCC(C)(C)C(O)OC1(C)CC2CC1C1CCCC21. The molecule has 0 heterocycles. The average Bonchev–Trinajstić information content (AvgIpc) is 2.98. The van der Waals surface area contributed by atoms with Crippen molar-refractivity contribution < 1.29 is 9.84 Å². The third-order valence-corrected chi connectivity index (χ3v) is 6.72. The number of rotatable bonds is 4. The molecular weight excluding hydrogens is 236 g/mol. The van der Waals surface area contributed by atoms with Crippen LogP contribution in [-0.4, -0.2) is 17.0 Å². The van der Waals surface area contributed by atoms with Gasteiger partial charge >= 0.3 is 0 Å². The van der Waals surface area contributed by atoms with Gasteiger partial charge in [0.05, 0.1) is 5.60 Å². The second-order valence-electron chi connectivity index (χ2n) is 8.19. The molecule has 3 aliphatic carbocycles. The van der Waals surface area contributed by atoms with Crippen molar-refractivity contribution in [1.82, 2.24) is 0 Å². The maximum absolute atomic E-state index is 10.4. The lowest BCUT2D eigenvalue weighted by atomic mass is 9.73. The summed E-state index contributed by atoms with van der Waals surface area (Å²) in [4.78, 5) is 0. The summed E-state index contributed by atoms with van der Waals surface area (Å²) in [5.74, 6) is 3.45. The molecule has 3 saturated carbocycles. The molecule has 0 amide bonds. The third-order valence-electron chi connectivity index (χ3n) is 6.72. The van der Waals surface area contributed by atoms with Crippen molar-refractivity contribution in [3.05, 3.63) is 0 Å². The minimum atomic E-state index is -0.623. The Labute approximate surface area is 117 Å². The third kappa shape index (κ3) is 2.06. The van der Waals surface area contributed by atoms with Gasteiger partial charge in [0.25, 0.3) is 0 Å². The predicted molar refractivity (Wildman–Crippen MR) is 76.6 cm³/mol. The Balaban J connectivity index is 1.72. The Hall–Kier alpha value is -0.0800. The quantitative estimate of drug-likeness (QED) is 0.780. The van der Waals surface area contributed by atoms with E-state index in [0.29, 0.717) is 5.92 Å². The first kappa shape index (κ1) is 13.9. The van der Waals surface area contributed by atoms with Gasteiger partial charge in [-0.05, 0) is 62.7 Å². The highest BCUT2D eigenvalue weighted by atomic mass is 16.6. The summed E-state index contributed by atoms with van der Waals surface area (Å²) in [5.41, 5.74) is -0.206. The minimum Gasteiger partial charge on any atom is -0.367 e. The van der Waals surface area contributed by atoms with Gasteiger partial charge in [-0.1, -0.05) is 27.2 Å². The monoisotopic (exact) mass is 266 g/mol. The van der Waals surface area contributed by atoms with Crippen LogP contribution in [0.1, 0.15) is 66.2 Å². The maximum atomic E-state index is 10.4. The summed E-state index contributed by atoms with van der Waals surface area (Å²) < 4.78 is 6.25. The summed E-state index contributed by atoms with van der Waals surface area (Å²) in [6.07, 6.45) is 7.12. The fourth-order valence-corrected chi connectivity index (χ4v) is 5.11. The van der Waals surface area contributed by atoms with Crippen LogP contribution in [0.4, 0.5) is 0 Å². The van der Waals surface area contributed by atoms with E-state index in [-0.39, 0.29) is 11.0 Å². The zero-order valence-corrected chi connectivity index (χ0v) is 13.0. The van der Waals surface area contributed by atoms with E-state index in [1.807, 2.05) is 0 Å². The molecule has 110 valence electrons. The first-order chi connectivity index (χ1) is 8.87. The molecule has 0 aromatic heterocycles. The van der Waals surface area contributed by atoms with Crippen molar-refractivity contribution in [2.75, 3.05) is 0 Å². The molecule has 0 radical (unpaired) electrons. The number of aliphatic hydroxyl groups excluding tert-OH is 1. The van der Waals surface area contributed by atoms with Crippen molar-refractivity contribution >= 4 is 0 Å². The molecule has 0 spiro atoms. The summed E-state index contributed by atoms with van der Waals surface area (Å²) >= 11 is 0. The second kappa shape index (κ2) is 4.46. The summed E-state index contributed by atoms with van der Waals surface area (Å²) in [6.45, 7) is 8.60. The van der Waals surface area contributed by atoms with Crippen LogP contribution >= 0.6 is 0 Å². The number of hydrogen-bond donors (Lipinski definition) is 1. The van der Waals surface area contributed by atoms with Gasteiger partial charge in [0.15, 0.2) is 6.29 Å². The zero-order chi connectivity index (χ0) is 13.8. The van der Waals surface area contributed by atoms with E-state index in [0.717, 1.165) is 24.2 Å². The molecule has 0 aromatic carbocycles. The van der Waals surface area contributed by atoms with Gasteiger partial charge in [0.2, 0.25) is 0 Å². The van der Waals surface area contributed by atoms with Crippen LogP contribution in [0, 0.1) is 29.1 Å². The van der Waals surface area contributed by atoms with Crippen LogP contribution in [-0.2, 0) is 4.74 Å². The van der Waals surface area contributed by atoms with Crippen molar-refractivity contribution in [3.63, 3.8) is 0 Å². The minimum absolute atomic E-state index is 0.0674. The summed E-state index contributed by atoms with van der Waals surface area (Å²) in [5, 5.41) is 10.4. The predicted octanol–water partition coefficient (Wildman–Crippen LogP) is 3.97. The van der Waals surface area contributed by atoms with Crippen LogP contribution in [0.3, 0.4) is 0 Å². The first-order valence-electron chi connectivity index (χ1n) is 8.23. The zero-order valence-electron chi connectivity index (χ0n) is 13.0. The molecular formula is C17H30O2. The molecule has 0 aromatic rings. The number of hydrogen-bond acceptors (Lipinski definition) is 2. The fraction of sp³-hybridized carbons (Fsp3) is 1.00. The fourth-order valence-electron chi connectivity index (χ4n) is 5.11. The van der Waals surface area contributed by atoms with Gasteiger partial charge in [-0.15, -0.1) is 0 Å².